The summed E-state index contributed by atoms with van der Waals surface area (Å²) in [6.07, 6.45) is 6.38. The first kappa shape index (κ1) is 13.6. The average Bonchev–Trinajstić information content (AvgIpc) is 2.97. The Morgan fingerprint density at radius 3 is 2.90 bits per heavy atom. The zero-order chi connectivity index (χ0) is 13.9. The number of amides is 1. The average molecular weight is 276 g/mol. The molecule has 2 heterocycles. The lowest BCUT2D eigenvalue weighted by Gasteiger charge is -2.31. The van der Waals surface area contributed by atoms with Gasteiger partial charge in [0.2, 0.25) is 0 Å². The SMILES string of the molecule is C[C@@H]1CN(C(=O)c2cc(C3CCCCC3)[nH]n2)CCN1. The number of nitrogens with zero attached hydrogens (tertiary/aromatic N) is 2. The van der Waals surface area contributed by atoms with Gasteiger partial charge in [0.1, 0.15) is 5.69 Å². The van der Waals surface area contributed by atoms with E-state index >= 15 is 0 Å². The van der Waals surface area contributed by atoms with Crippen molar-refractivity contribution in [2.75, 3.05) is 19.6 Å². The summed E-state index contributed by atoms with van der Waals surface area (Å²) in [7, 11) is 0. The first-order chi connectivity index (χ1) is 9.74. The van der Waals surface area contributed by atoms with Gasteiger partial charge in [-0.25, -0.2) is 0 Å². The number of H-pyrrole nitrogens is 1. The summed E-state index contributed by atoms with van der Waals surface area (Å²) in [6, 6.07) is 2.34. The summed E-state index contributed by atoms with van der Waals surface area (Å²) in [5.74, 6) is 0.636. The summed E-state index contributed by atoms with van der Waals surface area (Å²) in [4.78, 5) is 14.4. The molecule has 2 N–H and O–H groups in total. The molecule has 1 saturated heterocycles. The number of carbonyl (C=O) groups is 1. The Labute approximate surface area is 120 Å². The van der Waals surface area contributed by atoms with E-state index in [4.69, 9.17) is 0 Å². The standard InChI is InChI=1S/C15H24N4O/c1-11-10-19(8-7-16-11)15(20)14-9-13(17-18-14)12-5-3-2-4-6-12/h9,11-12,16H,2-8,10H2,1H3,(H,17,18)/t11-/m1/s1. The normalized spacial score (nSPS) is 24.9. The summed E-state index contributed by atoms with van der Waals surface area (Å²) in [5.41, 5.74) is 1.73. The van der Waals surface area contributed by atoms with Crippen molar-refractivity contribution in [3.63, 3.8) is 0 Å². The van der Waals surface area contributed by atoms with E-state index in [9.17, 15) is 4.79 Å². The molecule has 5 nitrogen and oxygen atoms in total. The predicted octanol–water partition coefficient (Wildman–Crippen LogP) is 1.89. The Morgan fingerprint density at radius 1 is 1.35 bits per heavy atom. The number of nitrogens with one attached hydrogen (secondary N) is 2. The highest BCUT2D eigenvalue weighted by Gasteiger charge is 2.25. The van der Waals surface area contributed by atoms with E-state index in [-0.39, 0.29) is 5.91 Å². The fourth-order valence-electron chi connectivity index (χ4n) is 3.35. The fourth-order valence-corrected chi connectivity index (χ4v) is 3.35. The van der Waals surface area contributed by atoms with Crippen molar-refractivity contribution in [2.45, 2.75) is 51.0 Å². The van der Waals surface area contributed by atoms with Crippen molar-refractivity contribution in [1.82, 2.24) is 20.4 Å². The van der Waals surface area contributed by atoms with Crippen molar-refractivity contribution in [2.24, 2.45) is 0 Å². The van der Waals surface area contributed by atoms with Crippen LogP contribution in [0.25, 0.3) is 0 Å². The Hall–Kier alpha value is -1.36. The van der Waals surface area contributed by atoms with Gasteiger partial charge in [-0.15, -0.1) is 0 Å². The number of carbonyl (C=O) groups excluding carboxylic acids is 1. The molecule has 1 amide bonds. The molecule has 0 spiro atoms. The van der Waals surface area contributed by atoms with Crippen LogP contribution in [0.3, 0.4) is 0 Å². The molecule has 1 saturated carbocycles. The smallest absolute Gasteiger partial charge is 0.274 e. The van der Waals surface area contributed by atoms with Crippen LogP contribution in [-0.2, 0) is 0 Å². The van der Waals surface area contributed by atoms with E-state index in [0.29, 0.717) is 17.7 Å². The van der Waals surface area contributed by atoms with Crippen molar-refractivity contribution in [1.29, 1.82) is 0 Å². The predicted molar refractivity (Wildman–Crippen MR) is 77.8 cm³/mol. The number of piperazine rings is 1. The highest BCUT2D eigenvalue weighted by molar-refractivity contribution is 5.92. The van der Waals surface area contributed by atoms with Gasteiger partial charge in [0.25, 0.3) is 5.91 Å². The minimum absolute atomic E-state index is 0.0664. The lowest BCUT2D eigenvalue weighted by Crippen LogP contribution is -2.51. The zero-order valence-electron chi connectivity index (χ0n) is 12.2. The Balaban J connectivity index is 1.67. The van der Waals surface area contributed by atoms with Crippen LogP contribution in [0, 0.1) is 0 Å². The highest BCUT2D eigenvalue weighted by Crippen LogP contribution is 2.31. The van der Waals surface area contributed by atoms with Crippen LogP contribution in [0.4, 0.5) is 0 Å². The van der Waals surface area contributed by atoms with E-state index in [2.05, 4.69) is 22.4 Å². The quantitative estimate of drug-likeness (QED) is 0.867. The molecule has 0 bridgehead atoms. The largest absolute Gasteiger partial charge is 0.334 e. The third-order valence-electron chi connectivity index (χ3n) is 4.52. The third kappa shape index (κ3) is 2.87. The van der Waals surface area contributed by atoms with Crippen LogP contribution in [0.2, 0.25) is 0 Å². The topological polar surface area (TPSA) is 61.0 Å². The van der Waals surface area contributed by atoms with Crippen LogP contribution in [0.5, 0.6) is 0 Å². The fraction of sp³-hybridized carbons (Fsp3) is 0.733. The lowest BCUT2D eigenvalue weighted by molar-refractivity contribution is 0.0703. The van der Waals surface area contributed by atoms with E-state index in [1.807, 2.05) is 11.0 Å². The van der Waals surface area contributed by atoms with Crippen molar-refractivity contribution < 1.29 is 4.79 Å². The van der Waals surface area contributed by atoms with E-state index in [1.54, 1.807) is 0 Å². The molecular formula is C15H24N4O. The molecule has 2 aliphatic rings. The number of aromatic amines is 1. The molecule has 0 unspecified atom stereocenters. The van der Waals surface area contributed by atoms with E-state index in [1.165, 1.54) is 32.1 Å². The molecule has 1 aliphatic carbocycles. The number of rotatable bonds is 2. The lowest BCUT2D eigenvalue weighted by atomic mass is 9.87. The van der Waals surface area contributed by atoms with Gasteiger partial charge in [-0.05, 0) is 25.8 Å². The maximum absolute atomic E-state index is 12.5. The molecule has 5 heteroatoms. The second-order valence-corrected chi connectivity index (χ2v) is 6.15. The molecular weight excluding hydrogens is 252 g/mol. The maximum Gasteiger partial charge on any atom is 0.274 e. The highest BCUT2D eigenvalue weighted by atomic mass is 16.2. The van der Waals surface area contributed by atoms with Gasteiger partial charge < -0.3 is 10.2 Å². The Bertz CT molecular complexity index is 464. The minimum Gasteiger partial charge on any atom is -0.334 e. The Morgan fingerprint density at radius 2 is 2.15 bits per heavy atom. The van der Waals surface area contributed by atoms with Gasteiger partial charge in [0.15, 0.2) is 0 Å². The van der Waals surface area contributed by atoms with Crippen molar-refractivity contribution in [3.8, 4) is 0 Å². The first-order valence-electron chi connectivity index (χ1n) is 7.82. The third-order valence-corrected chi connectivity index (χ3v) is 4.52. The molecule has 1 atom stereocenters. The molecule has 0 radical (unpaired) electrons. The molecule has 3 rings (SSSR count). The molecule has 0 aromatic carbocycles. The van der Waals surface area contributed by atoms with E-state index in [0.717, 1.165) is 25.3 Å². The first-order valence-corrected chi connectivity index (χ1v) is 7.82. The van der Waals surface area contributed by atoms with Gasteiger partial charge >= 0.3 is 0 Å². The van der Waals surface area contributed by atoms with Crippen LogP contribution < -0.4 is 5.32 Å². The summed E-state index contributed by atoms with van der Waals surface area (Å²) in [5, 5.41) is 10.7. The maximum atomic E-state index is 12.5. The van der Waals surface area contributed by atoms with Crippen molar-refractivity contribution >= 4 is 5.91 Å². The van der Waals surface area contributed by atoms with E-state index < -0.39 is 0 Å². The molecule has 110 valence electrons. The van der Waals surface area contributed by atoms with Gasteiger partial charge in [0.05, 0.1) is 0 Å². The molecule has 1 aromatic rings. The summed E-state index contributed by atoms with van der Waals surface area (Å²) >= 11 is 0. The number of hydrogen-bond donors (Lipinski definition) is 2. The number of aromatic nitrogens is 2. The number of hydrogen-bond acceptors (Lipinski definition) is 3. The van der Waals surface area contributed by atoms with Crippen LogP contribution in [-0.4, -0.2) is 46.7 Å². The Kier molecular flexibility index (Phi) is 4.05. The molecule has 2 fully saturated rings. The summed E-state index contributed by atoms with van der Waals surface area (Å²) in [6.45, 7) is 4.52. The van der Waals surface area contributed by atoms with Crippen LogP contribution >= 0.6 is 0 Å². The van der Waals surface area contributed by atoms with Crippen LogP contribution in [0.15, 0.2) is 6.07 Å². The minimum atomic E-state index is 0.0664. The van der Waals surface area contributed by atoms with Gasteiger partial charge in [-0.3, -0.25) is 9.89 Å². The molecule has 1 aliphatic heterocycles. The van der Waals surface area contributed by atoms with Gasteiger partial charge in [-0.1, -0.05) is 19.3 Å². The summed E-state index contributed by atoms with van der Waals surface area (Å²) < 4.78 is 0. The monoisotopic (exact) mass is 276 g/mol. The van der Waals surface area contributed by atoms with Gasteiger partial charge in [-0.2, -0.15) is 5.10 Å². The second kappa shape index (κ2) is 5.95. The van der Waals surface area contributed by atoms with Crippen molar-refractivity contribution in [3.05, 3.63) is 17.5 Å². The zero-order valence-corrected chi connectivity index (χ0v) is 12.2. The molecule has 20 heavy (non-hydrogen) atoms. The van der Waals surface area contributed by atoms with Crippen LogP contribution in [0.1, 0.15) is 61.1 Å². The molecule has 1 aromatic heterocycles. The second-order valence-electron chi connectivity index (χ2n) is 6.15. The van der Waals surface area contributed by atoms with Gasteiger partial charge in [0, 0.05) is 37.3 Å².